The number of aliphatic hydroxyl groups is 1. The summed E-state index contributed by atoms with van der Waals surface area (Å²) in [7, 11) is -1.27. The molecule has 1 saturated heterocycles. The fourth-order valence-electron chi connectivity index (χ4n) is 2.65. The van der Waals surface area contributed by atoms with E-state index >= 15 is 0 Å². The van der Waals surface area contributed by atoms with Crippen LogP contribution in [0.2, 0.25) is 6.04 Å². The number of hydrogen-bond donors (Lipinski definition) is 1. The Hall–Kier alpha value is 0.137. The molecule has 1 N–H and O–H groups in total. The largest absolute Gasteiger partial charge is 0.417 e. The van der Waals surface area contributed by atoms with Crippen LogP contribution in [0, 0.1) is 0 Å². The van der Waals surface area contributed by atoms with E-state index < -0.39 is 9.04 Å². The fraction of sp³-hybridized carbons (Fsp3) is 1.00. The monoisotopic (exact) mass is 200 g/mol. The van der Waals surface area contributed by atoms with Gasteiger partial charge in [0.1, 0.15) is 0 Å². The summed E-state index contributed by atoms with van der Waals surface area (Å²) in [6, 6.07) is 1.20. The van der Waals surface area contributed by atoms with Gasteiger partial charge in [0.25, 0.3) is 0 Å². The van der Waals surface area contributed by atoms with E-state index in [4.69, 9.17) is 4.43 Å². The van der Waals surface area contributed by atoms with E-state index in [1.54, 1.807) is 0 Å². The third-order valence-corrected chi connectivity index (χ3v) is 6.85. The molecule has 0 aromatic heterocycles. The van der Waals surface area contributed by atoms with Gasteiger partial charge >= 0.3 is 0 Å². The minimum atomic E-state index is -1.27. The molecule has 1 aliphatic heterocycles. The molecule has 2 fully saturated rings. The van der Waals surface area contributed by atoms with Crippen LogP contribution in [0.25, 0.3) is 0 Å². The van der Waals surface area contributed by atoms with Crippen molar-refractivity contribution in [3.8, 4) is 0 Å². The molecule has 2 rings (SSSR count). The van der Waals surface area contributed by atoms with Crippen molar-refractivity contribution in [2.24, 2.45) is 0 Å². The van der Waals surface area contributed by atoms with Gasteiger partial charge in [-0.2, -0.15) is 0 Å². The van der Waals surface area contributed by atoms with Crippen LogP contribution < -0.4 is 0 Å². The molecule has 1 atom stereocenters. The zero-order valence-corrected chi connectivity index (χ0v) is 9.45. The molecule has 0 bridgehead atoms. The van der Waals surface area contributed by atoms with E-state index in [1.807, 2.05) is 0 Å². The topological polar surface area (TPSA) is 29.5 Å². The molecule has 0 amide bonds. The summed E-state index contributed by atoms with van der Waals surface area (Å²) >= 11 is 0. The Labute approximate surface area is 82.0 Å². The normalized spacial score (nSPS) is 34.4. The molecule has 0 aromatic rings. The van der Waals surface area contributed by atoms with Crippen LogP contribution in [-0.2, 0) is 4.43 Å². The maximum Gasteiger partial charge on any atom is 0.208 e. The lowest BCUT2D eigenvalue weighted by atomic mass is 9.97. The maximum absolute atomic E-state index is 10.4. The van der Waals surface area contributed by atoms with Crippen molar-refractivity contribution in [1.82, 2.24) is 0 Å². The third-order valence-electron chi connectivity index (χ3n) is 3.50. The molecule has 1 unspecified atom stereocenters. The minimum Gasteiger partial charge on any atom is -0.417 e. The van der Waals surface area contributed by atoms with Crippen LogP contribution >= 0.6 is 0 Å². The third kappa shape index (κ3) is 2.14. The second kappa shape index (κ2) is 4.11. The zero-order valence-electron chi connectivity index (χ0n) is 8.30. The summed E-state index contributed by atoms with van der Waals surface area (Å²) in [6.45, 7) is 0.916. The second-order valence-corrected chi connectivity index (χ2v) is 7.48. The fourth-order valence-corrected chi connectivity index (χ4v) is 5.83. The molecule has 1 heterocycles. The van der Waals surface area contributed by atoms with Gasteiger partial charge in [-0.25, -0.2) is 0 Å². The second-order valence-electron chi connectivity index (χ2n) is 4.52. The highest BCUT2D eigenvalue weighted by atomic mass is 28.3. The maximum atomic E-state index is 10.4. The Morgan fingerprint density at radius 1 is 1.00 bits per heavy atom. The molecule has 0 spiro atoms. The van der Waals surface area contributed by atoms with E-state index in [0.717, 1.165) is 19.4 Å². The first-order chi connectivity index (χ1) is 6.31. The highest BCUT2D eigenvalue weighted by Crippen LogP contribution is 2.33. The molecule has 0 radical (unpaired) electrons. The van der Waals surface area contributed by atoms with Crippen LogP contribution in [-0.4, -0.2) is 26.0 Å². The van der Waals surface area contributed by atoms with Gasteiger partial charge in [0, 0.05) is 6.61 Å². The first kappa shape index (κ1) is 9.68. The van der Waals surface area contributed by atoms with Crippen LogP contribution in [0.1, 0.15) is 44.9 Å². The Morgan fingerprint density at radius 3 is 2.38 bits per heavy atom. The highest BCUT2D eigenvalue weighted by molar-refractivity contribution is 6.55. The summed E-state index contributed by atoms with van der Waals surface area (Å²) in [5.41, 5.74) is 0. The lowest BCUT2D eigenvalue weighted by Gasteiger charge is -2.39. The molecular formula is C10H20O2Si. The molecule has 76 valence electrons. The van der Waals surface area contributed by atoms with Crippen LogP contribution in [0.5, 0.6) is 0 Å². The summed E-state index contributed by atoms with van der Waals surface area (Å²) in [6.07, 6.45) is 8.27. The molecule has 13 heavy (non-hydrogen) atoms. The van der Waals surface area contributed by atoms with Gasteiger partial charge in [0.15, 0.2) is 0 Å². The summed E-state index contributed by atoms with van der Waals surface area (Å²) in [4.78, 5) is 0. The van der Waals surface area contributed by atoms with Gasteiger partial charge in [-0.1, -0.05) is 25.7 Å². The SMILES string of the molecule is OC1([SiH]2CCCCO2)CCCCC1. The predicted molar refractivity (Wildman–Crippen MR) is 55.2 cm³/mol. The van der Waals surface area contributed by atoms with Crippen molar-refractivity contribution in [3.05, 3.63) is 0 Å². The van der Waals surface area contributed by atoms with Gasteiger partial charge in [0.05, 0.1) is 5.22 Å². The average molecular weight is 200 g/mol. The standard InChI is InChI=1S/C10H20O2Si/c11-10(6-2-1-3-7-10)13-9-5-4-8-12-13/h11,13H,1-9H2. The first-order valence-electron chi connectivity index (χ1n) is 5.65. The Kier molecular flexibility index (Phi) is 3.06. The first-order valence-corrected chi connectivity index (χ1v) is 7.52. The quantitative estimate of drug-likeness (QED) is 0.654. The number of rotatable bonds is 1. The minimum absolute atomic E-state index is 0.335. The van der Waals surface area contributed by atoms with Crippen LogP contribution in [0.4, 0.5) is 0 Å². The van der Waals surface area contributed by atoms with Crippen LogP contribution in [0.3, 0.4) is 0 Å². The predicted octanol–water partition coefficient (Wildman–Crippen LogP) is 1.75. The lowest BCUT2D eigenvalue weighted by Crippen LogP contribution is -2.50. The summed E-state index contributed by atoms with van der Waals surface area (Å²) in [5, 5.41) is 10.1. The Balaban J connectivity index is 1.94. The van der Waals surface area contributed by atoms with Crippen molar-refractivity contribution in [1.29, 1.82) is 0 Å². The Bertz CT molecular complexity index is 160. The molecule has 2 nitrogen and oxygen atoms in total. The molecule has 1 aliphatic carbocycles. The highest BCUT2D eigenvalue weighted by Gasteiger charge is 2.40. The van der Waals surface area contributed by atoms with Gasteiger partial charge in [-0.3, -0.25) is 0 Å². The van der Waals surface area contributed by atoms with Crippen molar-refractivity contribution in [3.63, 3.8) is 0 Å². The van der Waals surface area contributed by atoms with Gasteiger partial charge in [-0.15, -0.1) is 0 Å². The summed E-state index contributed by atoms with van der Waals surface area (Å²) in [5.74, 6) is 0. The van der Waals surface area contributed by atoms with E-state index in [0.29, 0.717) is 0 Å². The Morgan fingerprint density at radius 2 is 1.77 bits per heavy atom. The van der Waals surface area contributed by atoms with Crippen molar-refractivity contribution in [2.45, 2.75) is 56.2 Å². The lowest BCUT2D eigenvalue weighted by molar-refractivity contribution is 0.0523. The molecule has 2 aliphatic rings. The van der Waals surface area contributed by atoms with Gasteiger partial charge in [-0.05, 0) is 25.3 Å². The number of hydrogen-bond acceptors (Lipinski definition) is 2. The molecular weight excluding hydrogens is 180 g/mol. The summed E-state index contributed by atoms with van der Waals surface area (Å²) < 4.78 is 5.81. The zero-order chi connectivity index (χ0) is 9.15. The molecule has 3 heteroatoms. The van der Waals surface area contributed by atoms with Crippen molar-refractivity contribution < 1.29 is 9.53 Å². The van der Waals surface area contributed by atoms with E-state index in [-0.39, 0.29) is 5.22 Å². The van der Waals surface area contributed by atoms with E-state index in [9.17, 15) is 5.11 Å². The van der Waals surface area contributed by atoms with E-state index in [2.05, 4.69) is 0 Å². The van der Waals surface area contributed by atoms with Crippen molar-refractivity contribution in [2.75, 3.05) is 6.61 Å². The van der Waals surface area contributed by atoms with Crippen LogP contribution in [0.15, 0.2) is 0 Å². The van der Waals surface area contributed by atoms with Gasteiger partial charge in [0.2, 0.25) is 9.04 Å². The smallest absolute Gasteiger partial charge is 0.208 e. The van der Waals surface area contributed by atoms with Crippen molar-refractivity contribution >= 4 is 9.04 Å². The molecule has 1 saturated carbocycles. The average Bonchev–Trinajstić information content (AvgIpc) is 2.20. The molecule has 0 aromatic carbocycles. The van der Waals surface area contributed by atoms with Gasteiger partial charge < -0.3 is 9.53 Å². The van der Waals surface area contributed by atoms with E-state index in [1.165, 1.54) is 38.1 Å².